The summed E-state index contributed by atoms with van der Waals surface area (Å²) < 4.78 is 0. The van der Waals surface area contributed by atoms with Gasteiger partial charge in [0.25, 0.3) is 0 Å². The second-order valence-corrected chi connectivity index (χ2v) is 5.38. The maximum Gasteiger partial charge on any atom is 0.237 e. The Morgan fingerprint density at radius 1 is 1.41 bits per heavy atom. The van der Waals surface area contributed by atoms with Crippen LogP contribution < -0.4 is 11.5 Å². The summed E-state index contributed by atoms with van der Waals surface area (Å²) in [4.78, 5) is 19.6. The number of hydrogen-bond acceptors (Lipinski definition) is 5. The zero-order valence-electron chi connectivity index (χ0n) is 10.4. The Bertz CT molecular complexity index is 400. The van der Waals surface area contributed by atoms with Crippen LogP contribution in [0.25, 0.3) is 0 Å². The molecule has 0 aliphatic carbocycles. The molecule has 0 fully saturated rings. The highest BCUT2D eigenvalue weighted by Gasteiger charge is 2.25. The van der Waals surface area contributed by atoms with E-state index in [1.165, 1.54) is 11.8 Å². The SMILES string of the molecule is Cc1cc(C)nc(SCCC(C)(N)C(N)=O)n1. The Balaban J connectivity index is 2.54. The zero-order valence-corrected chi connectivity index (χ0v) is 11.2. The third kappa shape index (κ3) is 4.32. The first kappa shape index (κ1) is 13.9. The van der Waals surface area contributed by atoms with Crippen LogP contribution in [-0.2, 0) is 4.79 Å². The highest BCUT2D eigenvalue weighted by Crippen LogP contribution is 2.18. The number of amides is 1. The second-order valence-electron chi connectivity index (χ2n) is 4.31. The average Bonchev–Trinajstić information content (AvgIpc) is 2.15. The van der Waals surface area contributed by atoms with E-state index in [4.69, 9.17) is 11.5 Å². The number of thioether (sulfide) groups is 1. The van der Waals surface area contributed by atoms with E-state index in [1.54, 1.807) is 6.92 Å². The van der Waals surface area contributed by atoms with E-state index in [-0.39, 0.29) is 0 Å². The van der Waals surface area contributed by atoms with Crippen LogP contribution in [0.15, 0.2) is 11.2 Å². The number of carbonyl (C=O) groups is 1. The lowest BCUT2D eigenvalue weighted by molar-refractivity contribution is -0.122. The summed E-state index contributed by atoms with van der Waals surface area (Å²) in [6.07, 6.45) is 0.503. The molecule has 0 bridgehead atoms. The molecule has 0 spiro atoms. The van der Waals surface area contributed by atoms with E-state index in [2.05, 4.69) is 9.97 Å². The molecular formula is C11H18N4OS. The molecule has 0 saturated carbocycles. The molecule has 0 saturated heterocycles. The molecule has 94 valence electrons. The summed E-state index contributed by atoms with van der Waals surface area (Å²) in [5.74, 6) is 0.179. The first-order valence-corrected chi connectivity index (χ1v) is 6.34. The van der Waals surface area contributed by atoms with E-state index in [0.29, 0.717) is 17.3 Å². The topological polar surface area (TPSA) is 94.9 Å². The van der Waals surface area contributed by atoms with E-state index in [9.17, 15) is 4.79 Å². The lowest BCUT2D eigenvalue weighted by Crippen LogP contribution is -2.49. The van der Waals surface area contributed by atoms with Gasteiger partial charge in [0, 0.05) is 17.1 Å². The van der Waals surface area contributed by atoms with E-state index < -0.39 is 11.4 Å². The highest BCUT2D eigenvalue weighted by atomic mass is 32.2. The molecule has 0 aliphatic heterocycles. The van der Waals surface area contributed by atoms with Crippen molar-refractivity contribution in [2.24, 2.45) is 11.5 Å². The summed E-state index contributed by atoms with van der Waals surface area (Å²) in [7, 11) is 0. The quantitative estimate of drug-likeness (QED) is 0.598. The minimum Gasteiger partial charge on any atom is -0.368 e. The molecule has 1 atom stereocenters. The lowest BCUT2D eigenvalue weighted by atomic mass is 10.0. The Morgan fingerprint density at radius 2 is 1.94 bits per heavy atom. The number of primary amides is 1. The molecule has 0 aliphatic rings. The molecule has 4 N–H and O–H groups in total. The van der Waals surface area contributed by atoms with Gasteiger partial charge in [-0.1, -0.05) is 11.8 Å². The number of aromatic nitrogens is 2. The summed E-state index contributed by atoms with van der Waals surface area (Å²) in [6.45, 7) is 5.49. The number of hydrogen-bond donors (Lipinski definition) is 2. The Labute approximate surface area is 105 Å². The van der Waals surface area contributed by atoms with Gasteiger partial charge in [0.15, 0.2) is 5.16 Å². The van der Waals surface area contributed by atoms with Crippen molar-refractivity contribution in [2.45, 2.75) is 37.9 Å². The summed E-state index contributed by atoms with van der Waals surface area (Å²) in [5, 5.41) is 0.711. The van der Waals surface area contributed by atoms with Crippen molar-refractivity contribution in [1.82, 2.24) is 9.97 Å². The van der Waals surface area contributed by atoms with Gasteiger partial charge in [-0.15, -0.1) is 0 Å². The second kappa shape index (κ2) is 5.46. The smallest absolute Gasteiger partial charge is 0.237 e. The van der Waals surface area contributed by atoms with Gasteiger partial charge in [-0.05, 0) is 33.3 Å². The number of nitrogens with two attached hydrogens (primary N) is 2. The van der Waals surface area contributed by atoms with Gasteiger partial charge in [0.05, 0.1) is 5.54 Å². The summed E-state index contributed by atoms with van der Waals surface area (Å²) >= 11 is 1.48. The van der Waals surface area contributed by atoms with Crippen LogP contribution >= 0.6 is 11.8 Å². The van der Waals surface area contributed by atoms with Gasteiger partial charge in [0.2, 0.25) is 5.91 Å². The standard InChI is InChI=1S/C11H18N4OS/c1-7-6-8(2)15-10(14-7)17-5-4-11(3,13)9(12)16/h6H,4-5,13H2,1-3H3,(H2,12,16). The Kier molecular flexibility index (Phi) is 4.47. The first-order chi connectivity index (χ1) is 7.81. The van der Waals surface area contributed by atoms with Crippen molar-refractivity contribution >= 4 is 17.7 Å². The van der Waals surface area contributed by atoms with Crippen molar-refractivity contribution in [2.75, 3.05) is 5.75 Å². The Morgan fingerprint density at radius 3 is 2.41 bits per heavy atom. The van der Waals surface area contributed by atoms with E-state index in [1.807, 2.05) is 19.9 Å². The number of aryl methyl sites for hydroxylation is 2. The maximum absolute atomic E-state index is 11.0. The van der Waals surface area contributed by atoms with Crippen LogP contribution in [0.4, 0.5) is 0 Å². The predicted molar refractivity (Wildman–Crippen MR) is 68.6 cm³/mol. The zero-order chi connectivity index (χ0) is 13.1. The largest absolute Gasteiger partial charge is 0.368 e. The van der Waals surface area contributed by atoms with Crippen LogP contribution in [-0.4, -0.2) is 27.2 Å². The van der Waals surface area contributed by atoms with Gasteiger partial charge in [0.1, 0.15) is 0 Å². The molecule has 1 aromatic rings. The fourth-order valence-corrected chi connectivity index (χ4v) is 2.36. The minimum atomic E-state index is -0.966. The number of carbonyl (C=O) groups excluding carboxylic acids is 1. The number of rotatable bonds is 5. The first-order valence-electron chi connectivity index (χ1n) is 5.35. The molecule has 1 amide bonds. The van der Waals surface area contributed by atoms with Gasteiger partial charge in [-0.2, -0.15) is 0 Å². The number of nitrogens with zero attached hydrogens (tertiary/aromatic N) is 2. The third-order valence-corrected chi connectivity index (χ3v) is 3.23. The molecular weight excluding hydrogens is 236 g/mol. The van der Waals surface area contributed by atoms with Crippen molar-refractivity contribution in [3.8, 4) is 0 Å². The molecule has 1 rings (SSSR count). The van der Waals surface area contributed by atoms with Crippen molar-refractivity contribution in [3.63, 3.8) is 0 Å². The molecule has 0 radical (unpaired) electrons. The monoisotopic (exact) mass is 254 g/mol. The van der Waals surface area contributed by atoms with Gasteiger partial charge in [-0.3, -0.25) is 4.79 Å². The summed E-state index contributed by atoms with van der Waals surface area (Å²) in [6, 6.07) is 1.92. The van der Waals surface area contributed by atoms with Crippen molar-refractivity contribution < 1.29 is 4.79 Å². The summed E-state index contributed by atoms with van der Waals surface area (Å²) in [5.41, 5.74) is 11.9. The molecule has 5 nitrogen and oxygen atoms in total. The van der Waals surface area contributed by atoms with E-state index in [0.717, 1.165) is 11.4 Å². The van der Waals surface area contributed by atoms with Gasteiger partial charge >= 0.3 is 0 Å². The van der Waals surface area contributed by atoms with Crippen LogP contribution in [0.5, 0.6) is 0 Å². The van der Waals surface area contributed by atoms with Crippen LogP contribution in [0, 0.1) is 13.8 Å². The molecule has 1 unspecified atom stereocenters. The fraction of sp³-hybridized carbons (Fsp3) is 0.545. The normalized spacial score (nSPS) is 14.4. The van der Waals surface area contributed by atoms with Gasteiger partial charge < -0.3 is 11.5 Å². The van der Waals surface area contributed by atoms with Gasteiger partial charge in [-0.25, -0.2) is 9.97 Å². The fourth-order valence-electron chi connectivity index (χ4n) is 1.24. The lowest BCUT2D eigenvalue weighted by Gasteiger charge is -2.19. The molecule has 0 aromatic carbocycles. The van der Waals surface area contributed by atoms with Crippen LogP contribution in [0.3, 0.4) is 0 Å². The molecule has 6 heteroatoms. The molecule has 1 aromatic heterocycles. The van der Waals surface area contributed by atoms with Crippen LogP contribution in [0.2, 0.25) is 0 Å². The third-order valence-electron chi connectivity index (χ3n) is 2.38. The van der Waals surface area contributed by atoms with Crippen molar-refractivity contribution in [3.05, 3.63) is 17.5 Å². The minimum absolute atomic E-state index is 0.487. The molecule has 17 heavy (non-hydrogen) atoms. The predicted octanol–water partition coefficient (Wildman–Crippen LogP) is 0.778. The highest BCUT2D eigenvalue weighted by molar-refractivity contribution is 7.99. The maximum atomic E-state index is 11.0. The Hall–Kier alpha value is -1.14. The average molecular weight is 254 g/mol. The van der Waals surface area contributed by atoms with Crippen LogP contribution in [0.1, 0.15) is 24.7 Å². The van der Waals surface area contributed by atoms with Crippen molar-refractivity contribution in [1.29, 1.82) is 0 Å². The molecule has 1 heterocycles. The van der Waals surface area contributed by atoms with E-state index >= 15 is 0 Å².